The van der Waals surface area contributed by atoms with Gasteiger partial charge in [0.05, 0.1) is 12.7 Å². The Balaban J connectivity index is 2.16. The summed E-state index contributed by atoms with van der Waals surface area (Å²) in [4.78, 5) is 15.3. The zero-order chi connectivity index (χ0) is 15.4. The summed E-state index contributed by atoms with van der Waals surface area (Å²) in [7, 11) is 1.41. The Morgan fingerprint density at radius 1 is 1.24 bits per heavy atom. The summed E-state index contributed by atoms with van der Waals surface area (Å²) in [5.41, 5.74) is 1.57. The van der Waals surface area contributed by atoms with Gasteiger partial charge in [0.15, 0.2) is 5.11 Å². The van der Waals surface area contributed by atoms with Crippen molar-refractivity contribution >= 4 is 39.6 Å². The van der Waals surface area contributed by atoms with E-state index in [0.717, 1.165) is 28.5 Å². The minimum absolute atomic E-state index is 0.307. The fourth-order valence-electron chi connectivity index (χ4n) is 2.51. The molecule has 6 heteroatoms. The topological polar surface area (TPSA) is 41.6 Å². The zero-order valence-electron chi connectivity index (χ0n) is 12.8. The summed E-state index contributed by atoms with van der Waals surface area (Å²) in [5.74, 6) is -0.307. The Bertz CT molecular complexity index is 532. The molecule has 0 amide bonds. The van der Waals surface area contributed by atoms with Crippen molar-refractivity contribution in [2.75, 3.05) is 25.5 Å². The molecule has 116 valence electrons. The van der Waals surface area contributed by atoms with Crippen LogP contribution < -0.4 is 5.32 Å². The highest BCUT2D eigenvalue weighted by molar-refractivity contribution is 7.80. The van der Waals surface area contributed by atoms with E-state index in [9.17, 15) is 4.79 Å². The summed E-state index contributed by atoms with van der Waals surface area (Å²) in [6, 6.07) is 0. The molecule has 1 saturated heterocycles. The molecule has 0 spiro atoms. The van der Waals surface area contributed by atoms with E-state index in [2.05, 4.69) is 10.2 Å². The summed E-state index contributed by atoms with van der Waals surface area (Å²) < 4.78 is 4.89. The van der Waals surface area contributed by atoms with Crippen LogP contribution >= 0.6 is 23.6 Å². The van der Waals surface area contributed by atoms with Gasteiger partial charge in [-0.15, -0.1) is 11.3 Å². The van der Waals surface area contributed by atoms with Gasteiger partial charge in [0.1, 0.15) is 5.00 Å². The smallest absolute Gasteiger partial charge is 0.341 e. The van der Waals surface area contributed by atoms with Crippen LogP contribution in [0.25, 0.3) is 0 Å². The molecule has 4 nitrogen and oxygen atoms in total. The molecule has 1 aromatic rings. The van der Waals surface area contributed by atoms with Gasteiger partial charge in [-0.1, -0.05) is 12.8 Å². The fourth-order valence-corrected chi connectivity index (χ4v) is 3.91. The van der Waals surface area contributed by atoms with E-state index in [1.165, 1.54) is 32.8 Å². The summed E-state index contributed by atoms with van der Waals surface area (Å²) in [6.45, 7) is 5.93. The molecule has 0 unspecified atom stereocenters. The molecule has 0 bridgehead atoms. The first-order valence-corrected chi connectivity index (χ1v) is 8.51. The van der Waals surface area contributed by atoms with Gasteiger partial charge >= 0.3 is 5.97 Å². The molecule has 1 fully saturated rings. The van der Waals surface area contributed by atoms with Gasteiger partial charge in [-0.2, -0.15) is 0 Å². The van der Waals surface area contributed by atoms with Crippen LogP contribution in [-0.2, 0) is 4.74 Å². The number of methoxy groups -OCH3 is 1. The van der Waals surface area contributed by atoms with Crippen LogP contribution in [0.4, 0.5) is 5.00 Å². The average Bonchev–Trinajstić information content (AvgIpc) is 2.67. The maximum absolute atomic E-state index is 12.0. The lowest BCUT2D eigenvalue weighted by molar-refractivity contribution is 0.0601. The molecule has 0 aliphatic carbocycles. The first-order chi connectivity index (χ1) is 10.0. The molecule has 0 aromatic carbocycles. The predicted octanol–water partition coefficient (Wildman–Crippen LogP) is 3.72. The Labute approximate surface area is 135 Å². The van der Waals surface area contributed by atoms with E-state index in [0.29, 0.717) is 10.7 Å². The third-order valence-electron chi connectivity index (χ3n) is 3.89. The van der Waals surface area contributed by atoms with Crippen molar-refractivity contribution in [3.05, 3.63) is 16.0 Å². The van der Waals surface area contributed by atoms with Crippen molar-refractivity contribution in [1.29, 1.82) is 0 Å². The van der Waals surface area contributed by atoms with Gasteiger partial charge in [-0.25, -0.2) is 4.79 Å². The van der Waals surface area contributed by atoms with Crippen molar-refractivity contribution in [1.82, 2.24) is 4.90 Å². The molecule has 0 radical (unpaired) electrons. The molecule has 1 aliphatic rings. The first kappa shape index (κ1) is 16.2. The van der Waals surface area contributed by atoms with Gasteiger partial charge in [0.25, 0.3) is 0 Å². The third kappa shape index (κ3) is 3.74. The number of hydrogen-bond donors (Lipinski definition) is 1. The summed E-state index contributed by atoms with van der Waals surface area (Å²) >= 11 is 7.08. The van der Waals surface area contributed by atoms with E-state index >= 15 is 0 Å². The van der Waals surface area contributed by atoms with Crippen LogP contribution in [0.3, 0.4) is 0 Å². The van der Waals surface area contributed by atoms with Crippen LogP contribution in [0.2, 0.25) is 0 Å². The number of thiocarbonyl (C=S) groups is 1. The summed E-state index contributed by atoms with van der Waals surface area (Å²) in [5, 5.41) is 4.77. The predicted molar refractivity (Wildman–Crippen MR) is 91.4 cm³/mol. The van der Waals surface area contributed by atoms with Crippen LogP contribution in [0.1, 0.15) is 46.5 Å². The first-order valence-electron chi connectivity index (χ1n) is 7.28. The number of hydrogen-bond acceptors (Lipinski definition) is 4. The number of anilines is 1. The average molecular weight is 326 g/mol. The van der Waals surface area contributed by atoms with Crippen LogP contribution in [-0.4, -0.2) is 36.2 Å². The van der Waals surface area contributed by atoms with Gasteiger partial charge in [-0.05, 0) is 44.5 Å². The Morgan fingerprint density at radius 3 is 2.43 bits per heavy atom. The van der Waals surface area contributed by atoms with Crippen molar-refractivity contribution in [2.24, 2.45) is 0 Å². The molecular formula is C15H22N2O2S2. The second kappa shape index (κ2) is 7.22. The molecule has 2 heterocycles. The maximum atomic E-state index is 12.0. The number of nitrogens with zero attached hydrogens (tertiary/aromatic N) is 1. The lowest BCUT2D eigenvalue weighted by Crippen LogP contribution is -2.35. The van der Waals surface area contributed by atoms with E-state index < -0.39 is 0 Å². The minimum Gasteiger partial charge on any atom is -0.465 e. The van der Waals surface area contributed by atoms with E-state index in [-0.39, 0.29) is 5.97 Å². The number of carbonyl (C=O) groups excluding carboxylic acids is 1. The van der Waals surface area contributed by atoms with Crippen molar-refractivity contribution in [3.8, 4) is 0 Å². The van der Waals surface area contributed by atoms with Crippen molar-refractivity contribution in [3.63, 3.8) is 0 Å². The lowest BCUT2D eigenvalue weighted by atomic mass is 10.1. The molecule has 0 saturated carbocycles. The highest BCUT2D eigenvalue weighted by Crippen LogP contribution is 2.33. The van der Waals surface area contributed by atoms with Gasteiger partial charge < -0.3 is 15.0 Å². The second-order valence-corrected chi connectivity index (χ2v) is 6.92. The van der Waals surface area contributed by atoms with Crippen LogP contribution in [0.5, 0.6) is 0 Å². The third-order valence-corrected chi connectivity index (χ3v) is 5.37. The Hall–Kier alpha value is -1.14. The van der Waals surface area contributed by atoms with Gasteiger partial charge in [0.2, 0.25) is 0 Å². The molecule has 1 aliphatic heterocycles. The van der Waals surface area contributed by atoms with E-state index in [1.807, 2.05) is 13.8 Å². The van der Waals surface area contributed by atoms with Crippen molar-refractivity contribution < 1.29 is 9.53 Å². The lowest BCUT2D eigenvalue weighted by Gasteiger charge is -2.23. The number of rotatable bonds is 2. The zero-order valence-corrected chi connectivity index (χ0v) is 14.5. The highest BCUT2D eigenvalue weighted by atomic mass is 32.1. The minimum atomic E-state index is -0.307. The van der Waals surface area contributed by atoms with Crippen LogP contribution in [0.15, 0.2) is 0 Å². The Morgan fingerprint density at radius 2 is 1.86 bits per heavy atom. The number of thiophene rings is 1. The number of nitrogens with one attached hydrogen (secondary N) is 1. The maximum Gasteiger partial charge on any atom is 0.341 e. The summed E-state index contributed by atoms with van der Waals surface area (Å²) in [6.07, 6.45) is 4.88. The van der Waals surface area contributed by atoms with Crippen LogP contribution in [0, 0.1) is 13.8 Å². The number of likely N-dealkylation sites (tertiary alicyclic amines) is 1. The number of ether oxygens (including phenoxy) is 1. The van der Waals surface area contributed by atoms with Gasteiger partial charge in [-0.3, -0.25) is 0 Å². The molecule has 21 heavy (non-hydrogen) atoms. The Kier molecular flexibility index (Phi) is 5.58. The number of carbonyl (C=O) groups is 1. The standard InChI is InChI=1S/C15H22N2O2S2/c1-10-11(2)21-13(12(10)14(18)19-3)16-15(20)17-8-6-4-5-7-9-17/h4-9H2,1-3H3,(H,16,20). The van der Waals surface area contributed by atoms with E-state index in [1.54, 1.807) is 11.3 Å². The number of esters is 1. The monoisotopic (exact) mass is 326 g/mol. The molecule has 0 atom stereocenters. The molecular weight excluding hydrogens is 304 g/mol. The van der Waals surface area contributed by atoms with Crippen molar-refractivity contribution in [2.45, 2.75) is 39.5 Å². The fraction of sp³-hybridized carbons (Fsp3) is 0.600. The SMILES string of the molecule is COC(=O)c1c(NC(=S)N2CCCCCC2)sc(C)c1C. The second-order valence-electron chi connectivity index (χ2n) is 5.31. The molecule has 1 N–H and O–H groups in total. The van der Waals surface area contributed by atoms with Gasteiger partial charge in [0, 0.05) is 18.0 Å². The normalized spacial score (nSPS) is 15.5. The highest BCUT2D eigenvalue weighted by Gasteiger charge is 2.22. The number of aryl methyl sites for hydroxylation is 1. The molecule has 1 aromatic heterocycles. The largest absolute Gasteiger partial charge is 0.465 e. The van der Waals surface area contributed by atoms with E-state index in [4.69, 9.17) is 17.0 Å². The quantitative estimate of drug-likeness (QED) is 0.662. The molecule has 2 rings (SSSR count).